The third kappa shape index (κ3) is 2.14. The quantitative estimate of drug-likeness (QED) is 0.616. The summed E-state index contributed by atoms with van der Waals surface area (Å²) >= 11 is 1.56. The number of nitrogens with zero attached hydrogens (tertiary/aromatic N) is 3. The van der Waals surface area contributed by atoms with Crippen molar-refractivity contribution in [1.29, 1.82) is 0 Å². The Kier molecular flexibility index (Phi) is 2.90. The molecule has 0 aliphatic rings. The summed E-state index contributed by atoms with van der Waals surface area (Å²) in [5, 5.41) is 10.0. The minimum atomic E-state index is -0.137. The van der Waals surface area contributed by atoms with Crippen LogP contribution in [0, 0.1) is 6.92 Å². The lowest BCUT2D eigenvalue weighted by Gasteiger charge is -2.04. The molecule has 0 fully saturated rings. The van der Waals surface area contributed by atoms with Crippen molar-refractivity contribution in [3.63, 3.8) is 0 Å². The second-order valence-electron chi connectivity index (χ2n) is 5.03. The van der Waals surface area contributed by atoms with Gasteiger partial charge in [0.1, 0.15) is 0 Å². The number of hydrogen-bond donors (Lipinski definition) is 1. The van der Waals surface area contributed by atoms with Gasteiger partial charge in [-0.05, 0) is 13.0 Å². The first-order valence-electron chi connectivity index (χ1n) is 6.80. The number of carbonyl (C=O) groups excluding carboxylic acids is 1. The fraction of sp³-hybridized carbons (Fsp3) is 0.0625. The topological polar surface area (TPSA) is 59.3 Å². The van der Waals surface area contributed by atoms with E-state index in [0.29, 0.717) is 11.3 Å². The van der Waals surface area contributed by atoms with E-state index in [1.165, 1.54) is 0 Å². The van der Waals surface area contributed by atoms with Crippen LogP contribution in [-0.2, 0) is 0 Å². The summed E-state index contributed by atoms with van der Waals surface area (Å²) in [5.41, 5.74) is 2.95. The Hall–Kier alpha value is -2.73. The Morgan fingerprint density at radius 1 is 1.32 bits per heavy atom. The number of rotatable bonds is 2. The minimum Gasteiger partial charge on any atom is -0.319 e. The van der Waals surface area contributed by atoms with Crippen molar-refractivity contribution in [3.05, 3.63) is 59.4 Å². The number of nitrogens with one attached hydrogen (secondary N) is 1. The summed E-state index contributed by atoms with van der Waals surface area (Å²) in [7, 11) is 0. The number of amides is 1. The summed E-state index contributed by atoms with van der Waals surface area (Å²) in [4.78, 5) is 16.8. The van der Waals surface area contributed by atoms with Crippen molar-refractivity contribution in [1.82, 2.24) is 14.6 Å². The second kappa shape index (κ2) is 4.92. The van der Waals surface area contributed by atoms with E-state index in [9.17, 15) is 4.79 Å². The molecule has 108 valence electrons. The molecule has 0 saturated heterocycles. The molecule has 3 heterocycles. The SMILES string of the molecule is Cc1cc2ncc(NC(=O)c3csc4ccccc34)cn2n1. The first-order valence-corrected chi connectivity index (χ1v) is 7.68. The van der Waals surface area contributed by atoms with Crippen LogP contribution in [-0.4, -0.2) is 20.5 Å². The number of aromatic nitrogens is 3. The third-order valence-electron chi connectivity index (χ3n) is 3.42. The Morgan fingerprint density at radius 3 is 3.09 bits per heavy atom. The van der Waals surface area contributed by atoms with Gasteiger partial charge in [0, 0.05) is 21.5 Å². The lowest BCUT2D eigenvalue weighted by molar-refractivity contribution is 0.102. The van der Waals surface area contributed by atoms with Crippen LogP contribution in [0.4, 0.5) is 5.69 Å². The van der Waals surface area contributed by atoms with Gasteiger partial charge >= 0.3 is 0 Å². The minimum absolute atomic E-state index is 0.137. The van der Waals surface area contributed by atoms with Gasteiger partial charge in [0.15, 0.2) is 5.65 Å². The Balaban J connectivity index is 1.67. The molecule has 3 aromatic heterocycles. The number of anilines is 1. The number of hydrogen-bond acceptors (Lipinski definition) is 4. The highest BCUT2D eigenvalue weighted by molar-refractivity contribution is 7.17. The Labute approximate surface area is 130 Å². The van der Waals surface area contributed by atoms with Gasteiger partial charge in [-0.3, -0.25) is 4.79 Å². The van der Waals surface area contributed by atoms with Crippen molar-refractivity contribution in [2.24, 2.45) is 0 Å². The smallest absolute Gasteiger partial charge is 0.257 e. The van der Waals surface area contributed by atoms with E-state index in [1.807, 2.05) is 42.6 Å². The van der Waals surface area contributed by atoms with Gasteiger partial charge in [-0.2, -0.15) is 5.10 Å². The van der Waals surface area contributed by atoms with E-state index in [4.69, 9.17) is 0 Å². The fourth-order valence-electron chi connectivity index (χ4n) is 2.41. The zero-order valence-electron chi connectivity index (χ0n) is 11.8. The molecule has 6 heteroatoms. The van der Waals surface area contributed by atoms with Crippen LogP contribution in [0.1, 0.15) is 16.1 Å². The summed E-state index contributed by atoms with van der Waals surface area (Å²) in [6.45, 7) is 1.91. The van der Waals surface area contributed by atoms with E-state index in [0.717, 1.165) is 21.4 Å². The van der Waals surface area contributed by atoms with Crippen LogP contribution in [0.3, 0.4) is 0 Å². The monoisotopic (exact) mass is 308 g/mol. The number of carbonyl (C=O) groups is 1. The lowest BCUT2D eigenvalue weighted by atomic mass is 10.1. The summed E-state index contributed by atoms with van der Waals surface area (Å²) < 4.78 is 2.76. The van der Waals surface area contributed by atoms with Gasteiger partial charge in [-0.15, -0.1) is 11.3 Å². The largest absolute Gasteiger partial charge is 0.319 e. The van der Waals surface area contributed by atoms with E-state index in [2.05, 4.69) is 15.4 Å². The first kappa shape index (κ1) is 13.0. The molecule has 4 rings (SSSR count). The third-order valence-corrected chi connectivity index (χ3v) is 4.38. The molecule has 1 amide bonds. The highest BCUT2D eigenvalue weighted by Gasteiger charge is 2.12. The van der Waals surface area contributed by atoms with Gasteiger partial charge in [0.25, 0.3) is 5.91 Å². The average Bonchev–Trinajstić information content (AvgIpc) is 3.09. The number of thiophene rings is 1. The molecule has 1 N–H and O–H groups in total. The first-order chi connectivity index (χ1) is 10.7. The Morgan fingerprint density at radius 2 is 2.18 bits per heavy atom. The maximum Gasteiger partial charge on any atom is 0.257 e. The van der Waals surface area contributed by atoms with Gasteiger partial charge in [-0.25, -0.2) is 9.50 Å². The normalized spacial score (nSPS) is 11.1. The van der Waals surface area contributed by atoms with Crippen molar-refractivity contribution in [2.75, 3.05) is 5.32 Å². The van der Waals surface area contributed by atoms with Gasteiger partial charge in [0.05, 0.1) is 29.3 Å². The molecule has 4 aromatic rings. The van der Waals surface area contributed by atoms with Crippen LogP contribution in [0.15, 0.2) is 48.1 Å². The van der Waals surface area contributed by atoms with Crippen molar-refractivity contribution in [2.45, 2.75) is 6.92 Å². The predicted octanol–water partition coefficient (Wildman–Crippen LogP) is 3.50. The molecular weight excluding hydrogens is 296 g/mol. The van der Waals surface area contributed by atoms with E-state index >= 15 is 0 Å². The summed E-state index contributed by atoms with van der Waals surface area (Å²) in [5.74, 6) is -0.137. The zero-order valence-corrected chi connectivity index (χ0v) is 12.6. The molecule has 0 radical (unpaired) electrons. The van der Waals surface area contributed by atoms with Gasteiger partial charge < -0.3 is 5.32 Å². The average molecular weight is 308 g/mol. The number of fused-ring (bicyclic) bond motifs is 2. The second-order valence-corrected chi connectivity index (χ2v) is 5.94. The maximum absolute atomic E-state index is 12.5. The maximum atomic E-state index is 12.5. The standard InChI is InChI=1S/C16H12N4OS/c1-10-6-15-17-7-11(8-20(15)19-10)18-16(21)13-9-22-14-5-3-2-4-12(13)14/h2-9H,1H3,(H,18,21). The molecule has 0 unspecified atom stereocenters. The van der Waals surface area contributed by atoms with Crippen LogP contribution < -0.4 is 5.32 Å². The molecule has 22 heavy (non-hydrogen) atoms. The predicted molar refractivity (Wildman–Crippen MR) is 87.5 cm³/mol. The van der Waals surface area contributed by atoms with Crippen LogP contribution in [0.25, 0.3) is 15.7 Å². The van der Waals surface area contributed by atoms with Crippen molar-refractivity contribution < 1.29 is 4.79 Å². The molecule has 0 aliphatic carbocycles. The van der Waals surface area contributed by atoms with E-state index in [1.54, 1.807) is 28.2 Å². The highest BCUT2D eigenvalue weighted by atomic mass is 32.1. The molecule has 0 bridgehead atoms. The number of aryl methyl sites for hydroxylation is 1. The molecule has 5 nitrogen and oxygen atoms in total. The number of benzene rings is 1. The van der Waals surface area contributed by atoms with Crippen LogP contribution in [0.2, 0.25) is 0 Å². The van der Waals surface area contributed by atoms with Crippen molar-refractivity contribution in [3.8, 4) is 0 Å². The summed E-state index contributed by atoms with van der Waals surface area (Å²) in [6.07, 6.45) is 3.41. The molecule has 0 aliphatic heterocycles. The summed E-state index contributed by atoms with van der Waals surface area (Å²) in [6, 6.07) is 9.76. The highest BCUT2D eigenvalue weighted by Crippen LogP contribution is 2.26. The molecule has 0 saturated carbocycles. The molecule has 1 aromatic carbocycles. The zero-order chi connectivity index (χ0) is 15.1. The van der Waals surface area contributed by atoms with Gasteiger partial charge in [0.2, 0.25) is 0 Å². The lowest BCUT2D eigenvalue weighted by Crippen LogP contribution is -2.12. The fourth-order valence-corrected chi connectivity index (χ4v) is 3.35. The van der Waals surface area contributed by atoms with Crippen LogP contribution in [0.5, 0.6) is 0 Å². The van der Waals surface area contributed by atoms with Crippen molar-refractivity contribution >= 4 is 38.7 Å². The van der Waals surface area contributed by atoms with Crippen LogP contribution >= 0.6 is 11.3 Å². The van der Waals surface area contributed by atoms with E-state index in [-0.39, 0.29) is 5.91 Å². The Bertz CT molecular complexity index is 1000. The van der Waals surface area contributed by atoms with E-state index < -0.39 is 0 Å². The molecular formula is C16H12N4OS. The van der Waals surface area contributed by atoms with Gasteiger partial charge in [-0.1, -0.05) is 18.2 Å². The molecule has 0 spiro atoms. The molecule has 0 atom stereocenters.